The molecule has 2 N–H and O–H groups in total. The third kappa shape index (κ3) is 5.20. The van der Waals surface area contributed by atoms with Gasteiger partial charge in [-0.3, -0.25) is 4.79 Å². The molecule has 1 aromatic carbocycles. The Labute approximate surface area is 187 Å². The summed E-state index contributed by atoms with van der Waals surface area (Å²) >= 11 is 6.47. The van der Waals surface area contributed by atoms with E-state index in [1.807, 2.05) is 28.9 Å². The highest BCUT2D eigenvalue weighted by molar-refractivity contribution is 6.33. The average Bonchev–Trinajstić information content (AvgIpc) is 3.17. The lowest BCUT2D eigenvalue weighted by Gasteiger charge is -2.21. The van der Waals surface area contributed by atoms with Crippen molar-refractivity contribution in [3.8, 4) is 11.1 Å². The van der Waals surface area contributed by atoms with E-state index in [4.69, 9.17) is 11.6 Å². The minimum atomic E-state index is -0.0337. The number of halogens is 1. The molecule has 0 bridgehead atoms. The molecule has 2 aromatic heterocycles. The lowest BCUT2D eigenvalue weighted by Crippen LogP contribution is -2.37. The van der Waals surface area contributed by atoms with E-state index in [2.05, 4.69) is 44.9 Å². The van der Waals surface area contributed by atoms with Crippen LogP contribution in [0.5, 0.6) is 0 Å². The minimum Gasteiger partial charge on any atom is -0.316 e. The Morgan fingerprint density at radius 3 is 3.00 bits per heavy atom. The van der Waals surface area contributed by atoms with Crippen molar-refractivity contribution >= 4 is 34.4 Å². The standard InChI is InChI=1S/C22H28ClN7O/c1-29(2)9-4-10-30-20-11-15(6-7-19(20)27-28-30)17-12-21(25-14-18(17)23)26-22(31)16-5-3-8-24-13-16/h6-7,11-12,14,16,24H,3-5,8-10,13H2,1-2H3,(H,25,26,31). The van der Waals surface area contributed by atoms with Gasteiger partial charge in [-0.05, 0) is 70.2 Å². The SMILES string of the molecule is CN(C)CCCn1nnc2ccc(-c3cc(NC(=O)C4CCCNC4)ncc3Cl)cc21. The molecule has 1 aliphatic rings. The second-order valence-electron chi connectivity index (χ2n) is 8.25. The van der Waals surface area contributed by atoms with E-state index in [1.165, 1.54) is 0 Å². The number of pyridine rings is 1. The quantitative estimate of drug-likeness (QED) is 0.586. The van der Waals surface area contributed by atoms with E-state index in [0.29, 0.717) is 17.4 Å². The number of piperidine rings is 1. The van der Waals surface area contributed by atoms with E-state index in [0.717, 1.165) is 61.1 Å². The Bertz CT molecular complexity index is 1060. The van der Waals surface area contributed by atoms with E-state index in [-0.39, 0.29) is 11.8 Å². The van der Waals surface area contributed by atoms with Crippen LogP contribution < -0.4 is 10.6 Å². The zero-order valence-corrected chi connectivity index (χ0v) is 18.7. The molecule has 0 radical (unpaired) electrons. The number of fused-ring (bicyclic) bond motifs is 1. The fourth-order valence-electron chi connectivity index (χ4n) is 3.87. The molecule has 1 unspecified atom stereocenters. The topological polar surface area (TPSA) is 88.0 Å². The van der Waals surface area contributed by atoms with Crippen LogP contribution in [0.4, 0.5) is 5.82 Å². The number of hydrogen-bond acceptors (Lipinski definition) is 6. The summed E-state index contributed by atoms with van der Waals surface area (Å²) in [7, 11) is 4.12. The van der Waals surface area contributed by atoms with Gasteiger partial charge in [-0.25, -0.2) is 9.67 Å². The van der Waals surface area contributed by atoms with Crippen LogP contribution in [0, 0.1) is 5.92 Å². The van der Waals surface area contributed by atoms with Crippen LogP contribution in [0.2, 0.25) is 5.02 Å². The van der Waals surface area contributed by atoms with Gasteiger partial charge in [-0.15, -0.1) is 5.10 Å². The van der Waals surface area contributed by atoms with Crippen LogP contribution in [0.3, 0.4) is 0 Å². The number of benzene rings is 1. The highest BCUT2D eigenvalue weighted by atomic mass is 35.5. The van der Waals surface area contributed by atoms with Gasteiger partial charge in [0.25, 0.3) is 0 Å². The van der Waals surface area contributed by atoms with Gasteiger partial charge < -0.3 is 15.5 Å². The summed E-state index contributed by atoms with van der Waals surface area (Å²) in [5.41, 5.74) is 3.56. The van der Waals surface area contributed by atoms with Crippen molar-refractivity contribution in [2.24, 2.45) is 5.92 Å². The van der Waals surface area contributed by atoms with Gasteiger partial charge in [0.15, 0.2) is 0 Å². The molecule has 0 aliphatic carbocycles. The van der Waals surface area contributed by atoms with Crippen molar-refractivity contribution in [3.05, 3.63) is 35.5 Å². The van der Waals surface area contributed by atoms with Crippen LogP contribution in [0.25, 0.3) is 22.2 Å². The number of nitrogens with zero attached hydrogens (tertiary/aromatic N) is 5. The van der Waals surface area contributed by atoms with Gasteiger partial charge in [-0.1, -0.05) is 22.9 Å². The lowest BCUT2D eigenvalue weighted by molar-refractivity contribution is -0.120. The molecule has 31 heavy (non-hydrogen) atoms. The van der Waals surface area contributed by atoms with Crippen LogP contribution >= 0.6 is 11.6 Å². The van der Waals surface area contributed by atoms with E-state index < -0.39 is 0 Å². The predicted molar refractivity (Wildman–Crippen MR) is 123 cm³/mol. The molecule has 9 heteroatoms. The van der Waals surface area contributed by atoms with Crippen LogP contribution in [0.15, 0.2) is 30.5 Å². The summed E-state index contributed by atoms with van der Waals surface area (Å²) in [4.78, 5) is 19.0. The minimum absolute atomic E-state index is 0.00778. The smallest absolute Gasteiger partial charge is 0.229 e. The first-order chi connectivity index (χ1) is 15.0. The van der Waals surface area contributed by atoms with Gasteiger partial charge in [0, 0.05) is 24.8 Å². The predicted octanol–water partition coefficient (Wildman–Crippen LogP) is 3.04. The lowest BCUT2D eigenvalue weighted by atomic mass is 9.99. The molecule has 1 atom stereocenters. The first-order valence-electron chi connectivity index (χ1n) is 10.7. The maximum Gasteiger partial charge on any atom is 0.229 e. The van der Waals surface area contributed by atoms with Gasteiger partial charge in [0.1, 0.15) is 11.3 Å². The molecule has 0 spiro atoms. The van der Waals surface area contributed by atoms with Crippen LogP contribution in [0.1, 0.15) is 19.3 Å². The summed E-state index contributed by atoms with van der Waals surface area (Å²) < 4.78 is 1.93. The largest absolute Gasteiger partial charge is 0.316 e. The van der Waals surface area contributed by atoms with Gasteiger partial charge in [0.05, 0.1) is 16.5 Å². The summed E-state index contributed by atoms with van der Waals surface area (Å²) in [6, 6.07) is 7.79. The van der Waals surface area contributed by atoms with Crippen LogP contribution in [-0.2, 0) is 11.3 Å². The van der Waals surface area contributed by atoms with Crippen molar-refractivity contribution in [1.29, 1.82) is 0 Å². The van der Waals surface area contributed by atoms with Gasteiger partial charge in [0.2, 0.25) is 5.91 Å². The van der Waals surface area contributed by atoms with Crippen molar-refractivity contribution in [2.45, 2.75) is 25.8 Å². The normalized spacial score (nSPS) is 16.7. The number of hydrogen-bond donors (Lipinski definition) is 2. The van der Waals surface area contributed by atoms with E-state index in [9.17, 15) is 4.79 Å². The van der Waals surface area contributed by atoms with Crippen molar-refractivity contribution in [2.75, 3.05) is 39.0 Å². The van der Waals surface area contributed by atoms with Crippen molar-refractivity contribution in [1.82, 2.24) is 30.2 Å². The van der Waals surface area contributed by atoms with E-state index in [1.54, 1.807) is 6.20 Å². The van der Waals surface area contributed by atoms with Crippen molar-refractivity contribution in [3.63, 3.8) is 0 Å². The van der Waals surface area contributed by atoms with Crippen molar-refractivity contribution < 1.29 is 4.79 Å². The average molecular weight is 442 g/mol. The molecule has 164 valence electrons. The Morgan fingerprint density at radius 2 is 2.23 bits per heavy atom. The highest BCUT2D eigenvalue weighted by Gasteiger charge is 2.21. The number of anilines is 1. The molecule has 1 saturated heterocycles. The Balaban J connectivity index is 1.56. The molecule has 4 rings (SSSR count). The summed E-state index contributed by atoms with van der Waals surface area (Å²) in [5, 5.41) is 15.3. The molecular weight excluding hydrogens is 414 g/mol. The number of carbonyl (C=O) groups excluding carboxylic acids is 1. The zero-order chi connectivity index (χ0) is 21.8. The summed E-state index contributed by atoms with van der Waals surface area (Å²) in [5.74, 6) is 0.466. The molecule has 8 nitrogen and oxygen atoms in total. The molecule has 1 aliphatic heterocycles. The fraction of sp³-hybridized carbons (Fsp3) is 0.455. The number of amides is 1. The molecule has 0 saturated carbocycles. The third-order valence-electron chi connectivity index (χ3n) is 5.57. The highest BCUT2D eigenvalue weighted by Crippen LogP contribution is 2.31. The first kappa shape index (κ1) is 21.7. The number of rotatable bonds is 7. The first-order valence-corrected chi connectivity index (χ1v) is 11.0. The molecular formula is C22H28ClN7O. The summed E-state index contributed by atoms with van der Waals surface area (Å²) in [6.45, 7) is 3.44. The Kier molecular flexibility index (Phi) is 6.80. The number of aryl methyl sites for hydroxylation is 1. The monoisotopic (exact) mass is 441 g/mol. The maximum absolute atomic E-state index is 12.6. The zero-order valence-electron chi connectivity index (χ0n) is 17.9. The fourth-order valence-corrected chi connectivity index (χ4v) is 4.08. The number of aromatic nitrogens is 4. The Morgan fingerprint density at radius 1 is 1.35 bits per heavy atom. The van der Waals surface area contributed by atoms with E-state index >= 15 is 0 Å². The second kappa shape index (κ2) is 9.72. The molecule has 1 amide bonds. The molecule has 1 fully saturated rings. The molecule has 3 heterocycles. The van der Waals surface area contributed by atoms with Gasteiger partial charge >= 0.3 is 0 Å². The maximum atomic E-state index is 12.6. The van der Waals surface area contributed by atoms with Crippen LogP contribution in [-0.4, -0.2) is 64.5 Å². The third-order valence-corrected chi connectivity index (χ3v) is 5.88. The number of nitrogens with one attached hydrogen (secondary N) is 2. The second-order valence-corrected chi connectivity index (χ2v) is 8.66. The molecule has 3 aromatic rings. The number of carbonyl (C=O) groups is 1. The Hall–Kier alpha value is -2.55. The van der Waals surface area contributed by atoms with Gasteiger partial charge in [-0.2, -0.15) is 0 Å². The summed E-state index contributed by atoms with van der Waals surface area (Å²) in [6.07, 6.45) is 4.47.